The average Bonchev–Trinajstić information content (AvgIpc) is 0.984. The first-order chi connectivity index (χ1) is 47.7. The van der Waals surface area contributed by atoms with Gasteiger partial charge in [-0.3, -0.25) is 37.3 Å². The molecule has 0 saturated heterocycles. The predicted octanol–water partition coefficient (Wildman–Crippen LogP) is 23.7. The van der Waals surface area contributed by atoms with Gasteiger partial charge in [0.05, 0.1) is 26.4 Å². The van der Waals surface area contributed by atoms with Gasteiger partial charge in [-0.2, -0.15) is 0 Å². The summed E-state index contributed by atoms with van der Waals surface area (Å²) in [5.41, 5.74) is 0. The number of unbranched alkanes of at least 4 members (excludes halogenated alkanes) is 46. The fraction of sp³-hybridized carbons (Fsp3) is 0.950. The van der Waals surface area contributed by atoms with E-state index in [0.29, 0.717) is 25.7 Å². The number of esters is 4. The first-order valence-electron chi connectivity index (χ1n) is 41.3. The van der Waals surface area contributed by atoms with Crippen LogP contribution in [0.25, 0.3) is 0 Å². The van der Waals surface area contributed by atoms with Crippen molar-refractivity contribution in [2.24, 2.45) is 17.8 Å². The van der Waals surface area contributed by atoms with E-state index in [4.69, 9.17) is 37.0 Å². The van der Waals surface area contributed by atoms with Crippen LogP contribution in [0, 0.1) is 17.8 Å². The molecule has 0 aliphatic carbocycles. The van der Waals surface area contributed by atoms with E-state index in [9.17, 15) is 43.2 Å². The summed E-state index contributed by atoms with van der Waals surface area (Å²) in [4.78, 5) is 73.0. The Kier molecular flexibility index (Phi) is 69.0. The molecular weight excluding hydrogens is 1290 g/mol. The van der Waals surface area contributed by atoms with E-state index in [1.807, 2.05) is 0 Å². The third-order valence-electron chi connectivity index (χ3n) is 18.6. The molecule has 0 aromatic rings. The van der Waals surface area contributed by atoms with Crippen LogP contribution in [0.2, 0.25) is 0 Å². The molecule has 0 aromatic carbocycles. The summed E-state index contributed by atoms with van der Waals surface area (Å²) >= 11 is 0. The molecule has 2 unspecified atom stereocenters. The molecule has 588 valence electrons. The van der Waals surface area contributed by atoms with E-state index in [1.54, 1.807) is 0 Å². The van der Waals surface area contributed by atoms with E-state index in [0.717, 1.165) is 108 Å². The zero-order valence-electron chi connectivity index (χ0n) is 65.0. The molecule has 3 N–H and O–H groups in total. The highest BCUT2D eigenvalue weighted by Crippen LogP contribution is 2.45. The Hall–Kier alpha value is -1.94. The van der Waals surface area contributed by atoms with Gasteiger partial charge in [0.1, 0.15) is 19.3 Å². The number of aliphatic hydroxyl groups excluding tert-OH is 1. The summed E-state index contributed by atoms with van der Waals surface area (Å²) in [5.74, 6) is 0.140. The minimum Gasteiger partial charge on any atom is -0.462 e. The van der Waals surface area contributed by atoms with Crippen molar-refractivity contribution in [1.82, 2.24) is 0 Å². The van der Waals surface area contributed by atoms with Gasteiger partial charge in [0.25, 0.3) is 0 Å². The zero-order chi connectivity index (χ0) is 73.0. The second kappa shape index (κ2) is 70.4. The van der Waals surface area contributed by atoms with E-state index in [1.165, 1.54) is 225 Å². The summed E-state index contributed by atoms with van der Waals surface area (Å²) in [6.07, 6.45) is 58.4. The Bertz CT molecular complexity index is 1920. The van der Waals surface area contributed by atoms with Crippen LogP contribution in [0.3, 0.4) is 0 Å². The molecule has 0 bridgehead atoms. The van der Waals surface area contributed by atoms with Gasteiger partial charge in [0, 0.05) is 25.7 Å². The van der Waals surface area contributed by atoms with Crippen molar-refractivity contribution in [2.45, 2.75) is 433 Å². The molecule has 99 heavy (non-hydrogen) atoms. The smallest absolute Gasteiger partial charge is 0.462 e. The second-order valence-corrected chi connectivity index (χ2v) is 33.1. The molecule has 19 heteroatoms. The number of rotatable bonds is 78. The lowest BCUT2D eigenvalue weighted by molar-refractivity contribution is -0.161. The molecule has 0 rings (SSSR count). The molecular formula is C80H156O17P2. The maximum absolute atomic E-state index is 13.1. The summed E-state index contributed by atoms with van der Waals surface area (Å²) in [7, 11) is -9.92. The van der Waals surface area contributed by atoms with Gasteiger partial charge in [-0.15, -0.1) is 0 Å². The zero-order valence-corrected chi connectivity index (χ0v) is 66.8. The number of hydrogen-bond donors (Lipinski definition) is 3. The van der Waals surface area contributed by atoms with Crippen molar-refractivity contribution < 1.29 is 80.2 Å². The fourth-order valence-corrected chi connectivity index (χ4v) is 13.9. The van der Waals surface area contributed by atoms with Crippen LogP contribution in [-0.2, 0) is 65.4 Å². The Labute approximate surface area is 607 Å². The lowest BCUT2D eigenvalue weighted by Gasteiger charge is -2.21. The number of carbonyl (C=O) groups is 4. The Morgan fingerprint density at radius 1 is 0.273 bits per heavy atom. The van der Waals surface area contributed by atoms with Crippen LogP contribution in [0.1, 0.15) is 414 Å². The van der Waals surface area contributed by atoms with E-state index in [-0.39, 0.29) is 25.7 Å². The fourth-order valence-electron chi connectivity index (χ4n) is 12.3. The number of carbonyl (C=O) groups excluding carboxylic acids is 4. The predicted molar refractivity (Wildman–Crippen MR) is 405 cm³/mol. The minimum atomic E-state index is -4.96. The molecule has 5 atom stereocenters. The molecule has 0 saturated carbocycles. The van der Waals surface area contributed by atoms with Crippen LogP contribution < -0.4 is 0 Å². The highest BCUT2D eigenvalue weighted by Gasteiger charge is 2.30. The summed E-state index contributed by atoms with van der Waals surface area (Å²) < 4.78 is 68.7. The van der Waals surface area contributed by atoms with Crippen molar-refractivity contribution in [3.8, 4) is 0 Å². The lowest BCUT2D eigenvalue weighted by Crippen LogP contribution is -2.30. The third kappa shape index (κ3) is 74.1. The first-order valence-corrected chi connectivity index (χ1v) is 44.3. The third-order valence-corrected chi connectivity index (χ3v) is 20.5. The van der Waals surface area contributed by atoms with Crippen molar-refractivity contribution in [1.29, 1.82) is 0 Å². The Morgan fingerprint density at radius 3 is 0.687 bits per heavy atom. The van der Waals surface area contributed by atoms with Crippen LogP contribution in [0.5, 0.6) is 0 Å². The van der Waals surface area contributed by atoms with Crippen LogP contribution in [0.15, 0.2) is 0 Å². The number of phosphoric ester groups is 2. The van der Waals surface area contributed by atoms with Crippen LogP contribution in [0.4, 0.5) is 0 Å². The summed E-state index contributed by atoms with van der Waals surface area (Å²) in [5, 5.41) is 10.6. The first kappa shape index (κ1) is 97.1. The normalized spacial score (nSPS) is 14.0. The number of hydrogen-bond acceptors (Lipinski definition) is 15. The van der Waals surface area contributed by atoms with Crippen LogP contribution in [-0.4, -0.2) is 96.7 Å². The molecule has 0 heterocycles. The molecule has 17 nitrogen and oxygen atoms in total. The molecule has 0 aliphatic heterocycles. The number of aliphatic hydroxyl groups is 1. The lowest BCUT2D eigenvalue weighted by atomic mass is 10.0. The topological polar surface area (TPSA) is 237 Å². The summed E-state index contributed by atoms with van der Waals surface area (Å²) in [6, 6.07) is 0. The minimum absolute atomic E-state index is 0.105. The number of phosphoric acid groups is 2. The van der Waals surface area contributed by atoms with Gasteiger partial charge in [-0.25, -0.2) is 9.13 Å². The monoisotopic (exact) mass is 1450 g/mol. The molecule has 0 fully saturated rings. The second-order valence-electron chi connectivity index (χ2n) is 30.2. The van der Waals surface area contributed by atoms with Gasteiger partial charge in [0.2, 0.25) is 0 Å². The SMILES string of the molecule is CCCCCCCCCCCCCCCCCCCCCCC(=O)O[C@H](COC(=O)CCCCCCCCCCCCCCCC(C)C)COP(=O)(O)OC[C@@H](O)COP(=O)(O)OC[C@@H](COC(=O)CCCCCCCCCCC(C)C)OC(=O)CCCCCCCCCCCC(C)C. The number of ether oxygens (including phenoxy) is 4. The van der Waals surface area contributed by atoms with Gasteiger partial charge >= 0.3 is 39.5 Å². The molecule has 0 amide bonds. The van der Waals surface area contributed by atoms with Gasteiger partial charge in [0.15, 0.2) is 12.2 Å². The molecule has 0 aliphatic rings. The summed E-state index contributed by atoms with van der Waals surface area (Å²) in [6.45, 7) is 11.9. The quantitative estimate of drug-likeness (QED) is 0.0222. The van der Waals surface area contributed by atoms with Gasteiger partial charge in [-0.05, 0) is 43.4 Å². The molecule has 0 aromatic heterocycles. The average molecular weight is 1450 g/mol. The van der Waals surface area contributed by atoms with E-state index >= 15 is 0 Å². The van der Waals surface area contributed by atoms with Crippen molar-refractivity contribution in [3.63, 3.8) is 0 Å². The Morgan fingerprint density at radius 2 is 0.465 bits per heavy atom. The van der Waals surface area contributed by atoms with E-state index in [2.05, 4.69) is 48.5 Å². The maximum Gasteiger partial charge on any atom is 0.472 e. The van der Waals surface area contributed by atoms with E-state index < -0.39 is 97.5 Å². The van der Waals surface area contributed by atoms with Crippen molar-refractivity contribution in [3.05, 3.63) is 0 Å². The van der Waals surface area contributed by atoms with Crippen molar-refractivity contribution in [2.75, 3.05) is 39.6 Å². The highest BCUT2D eigenvalue weighted by atomic mass is 31.2. The Balaban J connectivity index is 5.23. The highest BCUT2D eigenvalue weighted by molar-refractivity contribution is 7.47. The van der Waals surface area contributed by atoms with Crippen LogP contribution >= 0.6 is 15.6 Å². The maximum atomic E-state index is 13.1. The molecule has 0 radical (unpaired) electrons. The van der Waals surface area contributed by atoms with Gasteiger partial charge in [-0.1, -0.05) is 363 Å². The largest absolute Gasteiger partial charge is 0.472 e. The van der Waals surface area contributed by atoms with Gasteiger partial charge < -0.3 is 33.8 Å². The standard InChI is InChI=1S/C80H156O17P2/c1-8-9-10-11-12-13-14-15-16-17-18-19-20-21-24-28-33-42-49-56-63-79(84)96-75(67-90-77(82)61-54-47-40-32-27-25-22-23-26-30-37-44-51-58-71(2)3)69-94-98(86,87)92-65-74(81)66-93-99(88,89)95-70-76(68-91-78(83)62-55-48-41-36-35-39-46-53-60-73(6)7)97-80(85)64-57-50-43-34-29-31-38-45-52-59-72(4)5/h71-76,81H,8-70H2,1-7H3,(H,86,87)(H,88,89)/t74-,75-,76-/m1/s1. The van der Waals surface area contributed by atoms with Crippen molar-refractivity contribution >= 4 is 39.5 Å². The molecule has 0 spiro atoms.